The summed E-state index contributed by atoms with van der Waals surface area (Å²) in [6, 6.07) is 3.64. The van der Waals surface area contributed by atoms with Gasteiger partial charge in [0.1, 0.15) is 11.8 Å². The Balaban J connectivity index is 1.74. The van der Waals surface area contributed by atoms with Crippen LogP contribution in [0.1, 0.15) is 24.8 Å². The molecule has 1 aromatic heterocycles. The molecule has 5 heteroatoms. The lowest BCUT2D eigenvalue weighted by Gasteiger charge is -2.18. The van der Waals surface area contributed by atoms with Crippen LogP contribution < -0.4 is 5.32 Å². The molecular weight excluding hydrogens is 252 g/mol. The van der Waals surface area contributed by atoms with Crippen LogP contribution in [0.5, 0.6) is 0 Å². The number of pyridine rings is 1. The maximum Gasteiger partial charge on any atom is 0.407 e. The van der Waals surface area contributed by atoms with Crippen molar-refractivity contribution in [2.24, 2.45) is 0 Å². The summed E-state index contributed by atoms with van der Waals surface area (Å²) < 4.78 is 5.11. The van der Waals surface area contributed by atoms with E-state index in [1.165, 1.54) is 0 Å². The van der Waals surface area contributed by atoms with E-state index in [9.17, 15) is 4.79 Å². The third kappa shape index (κ3) is 4.04. The summed E-state index contributed by atoms with van der Waals surface area (Å²) in [5.74, 6) is 0. The van der Waals surface area contributed by atoms with Gasteiger partial charge in [-0.05, 0) is 25.3 Å². The molecular formula is C13H15ClN2O2. The summed E-state index contributed by atoms with van der Waals surface area (Å²) in [5.41, 5.74) is 0.818. The highest BCUT2D eigenvalue weighted by Crippen LogP contribution is 2.11. The summed E-state index contributed by atoms with van der Waals surface area (Å²) in [6.45, 7) is 0.207. The molecule has 1 unspecified atom stereocenters. The van der Waals surface area contributed by atoms with Crippen molar-refractivity contribution in [1.82, 2.24) is 10.3 Å². The second-order valence-electron chi connectivity index (χ2n) is 4.19. The minimum absolute atomic E-state index is 0.186. The fourth-order valence-electron chi connectivity index (χ4n) is 1.77. The fourth-order valence-corrected chi connectivity index (χ4v) is 1.89. The number of halogens is 1. The van der Waals surface area contributed by atoms with Crippen LogP contribution in [-0.2, 0) is 11.3 Å². The molecule has 4 nitrogen and oxygen atoms in total. The number of rotatable bonds is 3. The molecule has 0 aliphatic heterocycles. The summed E-state index contributed by atoms with van der Waals surface area (Å²) in [5, 5.41) is 3.27. The van der Waals surface area contributed by atoms with E-state index < -0.39 is 0 Å². The van der Waals surface area contributed by atoms with Gasteiger partial charge in [0, 0.05) is 17.8 Å². The lowest BCUT2D eigenvalue weighted by molar-refractivity contribution is 0.135. The Kier molecular flexibility index (Phi) is 4.59. The van der Waals surface area contributed by atoms with Crippen LogP contribution in [0.25, 0.3) is 0 Å². The van der Waals surface area contributed by atoms with Crippen LogP contribution in [0, 0.1) is 0 Å². The zero-order valence-electron chi connectivity index (χ0n) is 9.93. The maximum absolute atomic E-state index is 11.5. The topological polar surface area (TPSA) is 51.2 Å². The minimum Gasteiger partial charge on any atom is -0.445 e. The first kappa shape index (κ1) is 12.9. The van der Waals surface area contributed by atoms with Crippen molar-refractivity contribution in [2.45, 2.75) is 31.9 Å². The number of hydrogen-bond acceptors (Lipinski definition) is 3. The number of carbonyl (C=O) groups excluding carboxylic acids is 1. The zero-order chi connectivity index (χ0) is 12.8. The number of nitrogens with one attached hydrogen (secondary N) is 1. The first-order chi connectivity index (χ1) is 8.74. The van der Waals surface area contributed by atoms with Crippen molar-refractivity contribution in [3.63, 3.8) is 0 Å². The molecule has 1 N–H and O–H groups in total. The molecule has 18 heavy (non-hydrogen) atoms. The molecule has 0 fully saturated rings. The van der Waals surface area contributed by atoms with E-state index in [1.54, 1.807) is 18.3 Å². The lowest BCUT2D eigenvalue weighted by Crippen LogP contribution is -2.35. The Bertz CT molecular complexity index is 431. The molecule has 2 rings (SSSR count). The second-order valence-corrected chi connectivity index (χ2v) is 4.58. The molecule has 0 radical (unpaired) electrons. The highest BCUT2D eigenvalue weighted by atomic mass is 35.5. The monoisotopic (exact) mass is 266 g/mol. The third-order valence-electron chi connectivity index (χ3n) is 2.75. The van der Waals surface area contributed by atoms with Crippen molar-refractivity contribution in [1.29, 1.82) is 0 Å². The van der Waals surface area contributed by atoms with E-state index in [2.05, 4.69) is 22.5 Å². The van der Waals surface area contributed by atoms with E-state index in [0.717, 1.165) is 24.8 Å². The van der Waals surface area contributed by atoms with Gasteiger partial charge < -0.3 is 10.1 Å². The van der Waals surface area contributed by atoms with Crippen LogP contribution in [0.15, 0.2) is 30.5 Å². The Morgan fingerprint density at radius 2 is 2.39 bits per heavy atom. The Morgan fingerprint density at radius 1 is 1.50 bits per heavy atom. The number of carbonyl (C=O) groups is 1. The van der Waals surface area contributed by atoms with E-state index in [4.69, 9.17) is 16.3 Å². The number of ether oxygens (including phenoxy) is 1. The molecule has 1 aromatic rings. The molecule has 1 aliphatic carbocycles. The fraction of sp³-hybridized carbons (Fsp3) is 0.385. The van der Waals surface area contributed by atoms with Gasteiger partial charge in [0.25, 0.3) is 0 Å². The number of nitrogens with zero attached hydrogens (tertiary/aromatic N) is 1. The second kappa shape index (κ2) is 6.40. The molecule has 0 saturated heterocycles. The largest absolute Gasteiger partial charge is 0.445 e. The number of allylic oxidation sites excluding steroid dienone is 1. The Labute approximate surface area is 111 Å². The first-order valence-corrected chi connectivity index (χ1v) is 6.30. The molecule has 1 atom stereocenters. The quantitative estimate of drug-likeness (QED) is 0.676. The van der Waals surface area contributed by atoms with E-state index >= 15 is 0 Å². The van der Waals surface area contributed by atoms with Gasteiger partial charge in [-0.15, -0.1) is 0 Å². The van der Waals surface area contributed by atoms with Gasteiger partial charge in [-0.3, -0.25) is 0 Å². The SMILES string of the molecule is O=C(NC1CC=CCC1)OCc1ccc(Cl)nc1. The summed E-state index contributed by atoms with van der Waals surface area (Å²) in [7, 11) is 0. The van der Waals surface area contributed by atoms with E-state index in [1.807, 2.05) is 0 Å². The lowest BCUT2D eigenvalue weighted by atomic mass is 10.0. The molecule has 0 bridgehead atoms. The standard InChI is InChI=1S/C13H15ClN2O2/c14-12-7-6-10(8-15-12)9-18-13(17)16-11-4-2-1-3-5-11/h1-2,6-8,11H,3-5,9H2,(H,16,17). The molecule has 1 heterocycles. The van der Waals surface area contributed by atoms with Crippen LogP contribution in [0.2, 0.25) is 5.15 Å². The highest BCUT2D eigenvalue weighted by molar-refractivity contribution is 6.29. The number of aromatic nitrogens is 1. The first-order valence-electron chi connectivity index (χ1n) is 5.93. The van der Waals surface area contributed by atoms with Crippen molar-refractivity contribution in [2.75, 3.05) is 0 Å². The van der Waals surface area contributed by atoms with Gasteiger partial charge in [0.05, 0.1) is 0 Å². The van der Waals surface area contributed by atoms with Crippen molar-refractivity contribution < 1.29 is 9.53 Å². The molecule has 96 valence electrons. The molecule has 0 spiro atoms. The average Bonchev–Trinajstić information content (AvgIpc) is 2.39. The van der Waals surface area contributed by atoms with Crippen molar-refractivity contribution >= 4 is 17.7 Å². The predicted molar refractivity (Wildman–Crippen MR) is 69.3 cm³/mol. The minimum atomic E-state index is -0.384. The van der Waals surface area contributed by atoms with E-state index in [-0.39, 0.29) is 18.7 Å². The molecule has 0 saturated carbocycles. The Morgan fingerprint density at radius 3 is 3.06 bits per heavy atom. The third-order valence-corrected chi connectivity index (χ3v) is 2.97. The van der Waals surface area contributed by atoms with Crippen LogP contribution in [0.3, 0.4) is 0 Å². The van der Waals surface area contributed by atoms with Crippen molar-refractivity contribution in [3.8, 4) is 0 Å². The van der Waals surface area contributed by atoms with Gasteiger partial charge in [0.2, 0.25) is 0 Å². The summed E-state index contributed by atoms with van der Waals surface area (Å²) in [6.07, 6.45) is 8.27. The van der Waals surface area contributed by atoms with Gasteiger partial charge in [-0.1, -0.05) is 29.8 Å². The van der Waals surface area contributed by atoms with Gasteiger partial charge in [0.15, 0.2) is 0 Å². The van der Waals surface area contributed by atoms with Gasteiger partial charge in [-0.2, -0.15) is 0 Å². The Hall–Kier alpha value is -1.55. The highest BCUT2D eigenvalue weighted by Gasteiger charge is 2.13. The van der Waals surface area contributed by atoms with Gasteiger partial charge in [-0.25, -0.2) is 9.78 Å². The summed E-state index contributed by atoms with van der Waals surface area (Å²) in [4.78, 5) is 15.5. The normalized spacial score (nSPS) is 18.4. The predicted octanol–water partition coefficient (Wildman–Crippen LogP) is 3.07. The zero-order valence-corrected chi connectivity index (χ0v) is 10.7. The smallest absolute Gasteiger partial charge is 0.407 e. The maximum atomic E-state index is 11.5. The van der Waals surface area contributed by atoms with Crippen LogP contribution >= 0.6 is 11.6 Å². The molecule has 1 aliphatic rings. The van der Waals surface area contributed by atoms with Crippen molar-refractivity contribution in [3.05, 3.63) is 41.2 Å². The molecule has 1 amide bonds. The van der Waals surface area contributed by atoms with Crippen LogP contribution in [-0.4, -0.2) is 17.1 Å². The van der Waals surface area contributed by atoms with Crippen LogP contribution in [0.4, 0.5) is 4.79 Å². The number of amides is 1. The molecule has 0 aromatic carbocycles. The average molecular weight is 267 g/mol. The number of hydrogen-bond donors (Lipinski definition) is 1. The number of alkyl carbamates (subject to hydrolysis) is 1. The summed E-state index contributed by atoms with van der Waals surface area (Å²) >= 11 is 5.67. The van der Waals surface area contributed by atoms with E-state index in [0.29, 0.717) is 5.15 Å². The van der Waals surface area contributed by atoms with Gasteiger partial charge >= 0.3 is 6.09 Å².